The molecule has 3 N–H and O–H groups in total. The van der Waals surface area contributed by atoms with E-state index >= 15 is 0 Å². The van der Waals surface area contributed by atoms with Gasteiger partial charge in [-0.25, -0.2) is 5.48 Å². The monoisotopic (exact) mass is 432 g/mol. The molecule has 2 heterocycles. The summed E-state index contributed by atoms with van der Waals surface area (Å²) in [4.78, 5) is 25.9. The van der Waals surface area contributed by atoms with E-state index in [9.17, 15) is 9.59 Å². The Hall–Kier alpha value is -1.83. The summed E-state index contributed by atoms with van der Waals surface area (Å²) in [5.41, 5.74) is 4.10. The van der Waals surface area contributed by atoms with E-state index in [2.05, 4.69) is 41.7 Å². The highest BCUT2D eigenvalue weighted by atomic mass is 32.2. The van der Waals surface area contributed by atoms with Crippen LogP contribution in [-0.4, -0.2) is 29.3 Å². The van der Waals surface area contributed by atoms with Gasteiger partial charge in [-0.05, 0) is 55.2 Å². The summed E-state index contributed by atoms with van der Waals surface area (Å²) in [6.45, 7) is 2.59. The van der Waals surface area contributed by atoms with Crippen molar-refractivity contribution >= 4 is 34.9 Å². The smallest absolute Gasteiger partial charge is 0.245 e. The van der Waals surface area contributed by atoms with Crippen LogP contribution < -0.4 is 10.8 Å². The Morgan fingerprint density at radius 2 is 1.90 bits per heavy atom. The van der Waals surface area contributed by atoms with Gasteiger partial charge in [0.1, 0.15) is 0 Å². The quantitative estimate of drug-likeness (QED) is 0.424. The zero-order chi connectivity index (χ0) is 20.7. The lowest BCUT2D eigenvalue weighted by molar-refractivity contribution is -0.130. The molecule has 0 bridgehead atoms. The fourth-order valence-electron chi connectivity index (χ4n) is 3.69. The number of rotatable bonds is 8. The lowest BCUT2D eigenvalue weighted by Gasteiger charge is -2.35. The molecule has 1 aliphatic heterocycles. The summed E-state index contributed by atoms with van der Waals surface area (Å²) in [6, 6.07) is 12.6. The van der Waals surface area contributed by atoms with Gasteiger partial charge in [0.25, 0.3) is 0 Å². The largest absolute Gasteiger partial charge is 0.356 e. The maximum absolute atomic E-state index is 11.9. The zero-order valence-corrected chi connectivity index (χ0v) is 18.3. The topological polar surface area (TPSA) is 78.4 Å². The van der Waals surface area contributed by atoms with Gasteiger partial charge in [0, 0.05) is 29.1 Å². The number of benzene rings is 1. The second kappa shape index (κ2) is 10.3. The van der Waals surface area contributed by atoms with Gasteiger partial charge in [0.05, 0.1) is 4.75 Å². The molecule has 7 heteroatoms. The van der Waals surface area contributed by atoms with Crippen molar-refractivity contribution < 1.29 is 14.8 Å². The molecule has 3 rings (SSSR count). The molecular formula is C22H28N2O3S2. The Bertz CT molecular complexity index is 827. The van der Waals surface area contributed by atoms with E-state index in [0.717, 1.165) is 36.1 Å². The molecule has 156 valence electrons. The van der Waals surface area contributed by atoms with Gasteiger partial charge in [-0.15, -0.1) is 23.1 Å². The van der Waals surface area contributed by atoms with Crippen molar-refractivity contribution in [1.29, 1.82) is 0 Å². The van der Waals surface area contributed by atoms with Gasteiger partial charge in [0.2, 0.25) is 11.8 Å². The van der Waals surface area contributed by atoms with Crippen molar-refractivity contribution in [3.63, 3.8) is 0 Å². The van der Waals surface area contributed by atoms with E-state index in [-0.39, 0.29) is 16.6 Å². The molecule has 1 saturated heterocycles. The Labute approximate surface area is 180 Å². The van der Waals surface area contributed by atoms with Crippen LogP contribution in [-0.2, 0) is 20.8 Å². The Kier molecular flexibility index (Phi) is 7.75. The minimum absolute atomic E-state index is 0.0849. The van der Waals surface area contributed by atoms with Crippen LogP contribution in [0.3, 0.4) is 0 Å². The average Bonchev–Trinajstić information content (AvgIpc) is 3.24. The third kappa shape index (κ3) is 5.62. The van der Waals surface area contributed by atoms with Gasteiger partial charge in [-0.3, -0.25) is 14.8 Å². The van der Waals surface area contributed by atoms with Gasteiger partial charge < -0.3 is 5.32 Å². The summed E-state index contributed by atoms with van der Waals surface area (Å²) < 4.78 is -0.249. The number of carbonyl (C=O) groups excluding carboxylic acids is 2. The predicted molar refractivity (Wildman–Crippen MR) is 119 cm³/mol. The van der Waals surface area contributed by atoms with Gasteiger partial charge in [-0.1, -0.05) is 30.7 Å². The number of hydroxylamine groups is 1. The van der Waals surface area contributed by atoms with Crippen LogP contribution in [0.5, 0.6) is 0 Å². The zero-order valence-electron chi connectivity index (χ0n) is 16.7. The van der Waals surface area contributed by atoms with Gasteiger partial charge in [-0.2, -0.15) is 0 Å². The summed E-state index contributed by atoms with van der Waals surface area (Å²) in [6.07, 6.45) is 4.75. The summed E-state index contributed by atoms with van der Waals surface area (Å²) in [5.74, 6) is 0.791. The van der Waals surface area contributed by atoms with Crippen LogP contribution >= 0.6 is 23.1 Å². The normalized spacial score (nSPS) is 19.0. The van der Waals surface area contributed by atoms with Crippen LogP contribution in [0.2, 0.25) is 0 Å². The van der Waals surface area contributed by atoms with E-state index in [1.807, 2.05) is 18.7 Å². The second-order valence-corrected chi connectivity index (χ2v) is 9.89. The lowest BCUT2D eigenvalue weighted by atomic mass is 9.94. The highest BCUT2D eigenvalue weighted by molar-refractivity contribution is 8.00. The number of amides is 2. The first-order valence-electron chi connectivity index (χ1n) is 10.1. The standard InChI is InChI=1S/C22H28N2O3S2/c1-2-23-20(25)12-7-16-5-8-17(9-6-16)18-10-11-19(29-18)22(15-21(26)24-27)13-3-4-14-28-22/h5-6,8-11,27H,2-4,7,12-15H2,1H3,(H,23,25)(H,24,26)/t22-/m0/s1. The fourth-order valence-corrected chi connectivity index (χ4v) is 6.59. The molecule has 0 radical (unpaired) electrons. The number of carbonyl (C=O) groups is 2. The summed E-state index contributed by atoms with van der Waals surface area (Å²) in [5, 5.41) is 11.8. The molecule has 0 spiro atoms. The van der Waals surface area contributed by atoms with Crippen LogP contribution in [0.1, 0.15) is 49.5 Å². The first kappa shape index (κ1) is 21.9. The Morgan fingerprint density at radius 1 is 1.10 bits per heavy atom. The number of aryl methyl sites for hydroxylation is 1. The third-order valence-corrected chi connectivity index (χ3v) is 8.31. The number of hydrogen-bond donors (Lipinski definition) is 3. The van der Waals surface area contributed by atoms with Gasteiger partial charge in [0.15, 0.2) is 0 Å². The predicted octanol–water partition coefficient (Wildman–Crippen LogP) is 4.49. The summed E-state index contributed by atoms with van der Waals surface area (Å²) >= 11 is 3.56. The molecular weight excluding hydrogens is 404 g/mol. The molecule has 1 fully saturated rings. The average molecular weight is 433 g/mol. The maximum atomic E-state index is 11.9. The van der Waals surface area contributed by atoms with Crippen molar-refractivity contribution in [2.75, 3.05) is 12.3 Å². The Morgan fingerprint density at radius 3 is 2.55 bits per heavy atom. The van der Waals surface area contributed by atoms with Crippen LogP contribution in [0.4, 0.5) is 0 Å². The SMILES string of the molecule is CCNC(=O)CCc1ccc(-c2ccc([C@@]3(CC(=O)NO)CCCCS3)s2)cc1. The van der Waals surface area contributed by atoms with Crippen molar-refractivity contribution in [2.45, 2.75) is 50.2 Å². The lowest BCUT2D eigenvalue weighted by Crippen LogP contribution is -2.32. The molecule has 0 unspecified atom stereocenters. The maximum Gasteiger partial charge on any atom is 0.245 e. The molecule has 0 aliphatic carbocycles. The van der Waals surface area contributed by atoms with Crippen molar-refractivity contribution in [3.8, 4) is 10.4 Å². The highest BCUT2D eigenvalue weighted by Gasteiger charge is 2.38. The van der Waals surface area contributed by atoms with Crippen molar-refractivity contribution in [2.24, 2.45) is 0 Å². The first-order chi connectivity index (χ1) is 14.1. The molecule has 1 aliphatic rings. The van der Waals surface area contributed by atoms with Gasteiger partial charge >= 0.3 is 0 Å². The van der Waals surface area contributed by atoms with E-state index in [1.54, 1.807) is 16.8 Å². The van der Waals surface area contributed by atoms with Crippen molar-refractivity contribution in [3.05, 3.63) is 46.8 Å². The molecule has 5 nitrogen and oxygen atoms in total. The summed E-state index contributed by atoms with van der Waals surface area (Å²) in [7, 11) is 0. The number of thioether (sulfide) groups is 1. The second-order valence-electron chi connectivity index (χ2n) is 7.33. The van der Waals surface area contributed by atoms with Crippen LogP contribution in [0, 0.1) is 0 Å². The number of nitrogens with one attached hydrogen (secondary N) is 2. The Balaban J connectivity index is 1.72. The van der Waals surface area contributed by atoms with E-state index in [4.69, 9.17) is 5.21 Å². The third-order valence-electron chi connectivity index (χ3n) is 5.23. The first-order valence-corrected chi connectivity index (χ1v) is 11.9. The number of hydrogen-bond acceptors (Lipinski definition) is 5. The molecule has 1 atom stereocenters. The van der Waals surface area contributed by atoms with Crippen LogP contribution in [0.15, 0.2) is 36.4 Å². The van der Waals surface area contributed by atoms with E-state index in [1.165, 1.54) is 16.2 Å². The fraction of sp³-hybridized carbons (Fsp3) is 0.455. The van der Waals surface area contributed by atoms with Crippen molar-refractivity contribution in [1.82, 2.24) is 10.8 Å². The molecule has 0 saturated carbocycles. The minimum atomic E-state index is -0.328. The molecule has 2 amide bonds. The van der Waals surface area contributed by atoms with E-state index < -0.39 is 0 Å². The van der Waals surface area contributed by atoms with E-state index in [0.29, 0.717) is 19.4 Å². The molecule has 1 aromatic carbocycles. The minimum Gasteiger partial charge on any atom is -0.356 e. The molecule has 1 aromatic heterocycles. The molecule has 2 aromatic rings. The molecule has 29 heavy (non-hydrogen) atoms. The van der Waals surface area contributed by atoms with Crippen LogP contribution in [0.25, 0.3) is 10.4 Å². The highest BCUT2D eigenvalue weighted by Crippen LogP contribution is 2.50. The number of thiophene rings is 1.